The lowest BCUT2D eigenvalue weighted by Crippen LogP contribution is -2.39. The molecular weight excluding hydrogens is 475 g/mol. The van der Waals surface area contributed by atoms with Crippen LogP contribution in [0.25, 0.3) is 11.0 Å². The number of ether oxygens (including phenoxy) is 2. The fourth-order valence-corrected chi connectivity index (χ4v) is 4.38. The van der Waals surface area contributed by atoms with E-state index in [0.29, 0.717) is 30.8 Å². The number of H-pyrrole nitrogens is 1. The number of nitrogens with zero attached hydrogens (tertiary/aromatic N) is 1. The van der Waals surface area contributed by atoms with E-state index in [-0.39, 0.29) is 24.8 Å². The second-order valence-corrected chi connectivity index (χ2v) is 8.53. The normalized spacial score (nSPS) is 20.1. The summed E-state index contributed by atoms with van der Waals surface area (Å²) in [6.07, 6.45) is -2.68. The number of halogens is 3. The molecule has 2 aromatic carbocycles. The van der Waals surface area contributed by atoms with Crippen LogP contribution in [0.3, 0.4) is 0 Å². The monoisotopic (exact) mass is 503 g/mol. The van der Waals surface area contributed by atoms with E-state index < -0.39 is 29.9 Å². The van der Waals surface area contributed by atoms with Gasteiger partial charge in [0.1, 0.15) is 5.82 Å². The molecule has 4 rings (SSSR count). The van der Waals surface area contributed by atoms with Gasteiger partial charge in [0.25, 0.3) is 5.91 Å². The summed E-state index contributed by atoms with van der Waals surface area (Å²) >= 11 is 0. The number of rotatable bonds is 9. The van der Waals surface area contributed by atoms with E-state index in [9.17, 15) is 23.1 Å². The molecule has 10 heteroatoms. The summed E-state index contributed by atoms with van der Waals surface area (Å²) in [5.41, 5.74) is 1.47. The molecule has 0 bridgehead atoms. The number of amides is 1. The van der Waals surface area contributed by atoms with E-state index in [1.54, 1.807) is 13.0 Å². The van der Waals surface area contributed by atoms with E-state index in [2.05, 4.69) is 15.3 Å². The van der Waals surface area contributed by atoms with Gasteiger partial charge >= 0.3 is 6.18 Å². The third-order valence-electron chi connectivity index (χ3n) is 6.11. The maximum Gasteiger partial charge on any atom is 0.416 e. The van der Waals surface area contributed by atoms with Gasteiger partial charge < -0.3 is 24.9 Å². The minimum Gasteiger partial charge on any atom is -0.459 e. The number of alkyl halides is 3. The van der Waals surface area contributed by atoms with Crippen LogP contribution >= 0.6 is 0 Å². The Kier molecular flexibility index (Phi) is 7.95. The van der Waals surface area contributed by atoms with Crippen LogP contribution in [0.1, 0.15) is 42.6 Å². The third kappa shape index (κ3) is 5.88. The third-order valence-corrected chi connectivity index (χ3v) is 6.11. The van der Waals surface area contributed by atoms with Gasteiger partial charge in [-0.2, -0.15) is 13.2 Å². The van der Waals surface area contributed by atoms with Crippen molar-refractivity contribution in [2.24, 2.45) is 5.92 Å². The van der Waals surface area contributed by atoms with Gasteiger partial charge in [-0.05, 0) is 55.7 Å². The molecule has 0 saturated carbocycles. The molecule has 0 aliphatic carbocycles. The Bertz CT molecular complexity index is 1170. The van der Waals surface area contributed by atoms with Crippen LogP contribution in [-0.2, 0) is 27.0 Å². The molecule has 1 aromatic heterocycles. The first kappa shape index (κ1) is 25.7. The number of hydrogen-bond acceptors (Lipinski definition) is 5. The Morgan fingerprint density at radius 3 is 2.61 bits per heavy atom. The maximum absolute atomic E-state index is 13.1. The number of nitrogens with one attached hydrogen (secondary N) is 2. The largest absolute Gasteiger partial charge is 0.459 e. The lowest BCUT2D eigenvalue weighted by Gasteiger charge is -2.37. The fourth-order valence-electron chi connectivity index (χ4n) is 4.38. The lowest BCUT2D eigenvalue weighted by atomic mass is 9.80. The van der Waals surface area contributed by atoms with Crippen molar-refractivity contribution in [2.45, 2.75) is 44.7 Å². The number of para-hydroxylation sites is 2. The number of aliphatic hydroxyl groups excluding tert-OH is 1. The van der Waals surface area contributed by atoms with Crippen molar-refractivity contribution >= 4 is 16.9 Å². The van der Waals surface area contributed by atoms with Crippen LogP contribution in [0.4, 0.5) is 13.2 Å². The summed E-state index contributed by atoms with van der Waals surface area (Å²) in [5.74, 6) is -0.647. The molecule has 3 aromatic rings. The van der Waals surface area contributed by atoms with Gasteiger partial charge in [-0.15, -0.1) is 0 Å². The number of aliphatic hydroxyl groups is 1. The smallest absolute Gasteiger partial charge is 0.416 e. The van der Waals surface area contributed by atoms with Crippen molar-refractivity contribution in [1.82, 2.24) is 15.3 Å². The highest BCUT2D eigenvalue weighted by Gasteiger charge is 2.38. The van der Waals surface area contributed by atoms with Crippen molar-refractivity contribution in [1.29, 1.82) is 0 Å². The topological polar surface area (TPSA) is 96.5 Å². The van der Waals surface area contributed by atoms with E-state index in [1.807, 2.05) is 24.3 Å². The molecule has 0 saturated heterocycles. The molecule has 0 unspecified atom stereocenters. The SMILES string of the molecule is CCO[C@H]1OC(C(=O)NCc2nc3ccccc3[nH]2)=C[C@@H](c2ccc(C(F)(F)F)cc2)[C@@H]1CCCO. The first-order valence-electron chi connectivity index (χ1n) is 11.8. The van der Waals surface area contributed by atoms with E-state index in [4.69, 9.17) is 9.47 Å². The zero-order chi connectivity index (χ0) is 25.7. The highest BCUT2D eigenvalue weighted by atomic mass is 19.4. The second-order valence-electron chi connectivity index (χ2n) is 8.53. The zero-order valence-corrected chi connectivity index (χ0v) is 19.7. The molecule has 1 amide bonds. The minimum atomic E-state index is -4.45. The highest BCUT2D eigenvalue weighted by Crippen LogP contribution is 2.40. The Morgan fingerprint density at radius 1 is 1.19 bits per heavy atom. The van der Waals surface area contributed by atoms with Crippen molar-refractivity contribution in [3.8, 4) is 0 Å². The summed E-state index contributed by atoms with van der Waals surface area (Å²) in [4.78, 5) is 20.6. The number of imidazole rings is 1. The van der Waals surface area contributed by atoms with Gasteiger partial charge in [-0.3, -0.25) is 4.79 Å². The summed E-state index contributed by atoms with van der Waals surface area (Å²) in [6, 6.07) is 12.4. The predicted octanol–water partition coefficient (Wildman–Crippen LogP) is 4.65. The molecule has 3 atom stereocenters. The summed E-state index contributed by atoms with van der Waals surface area (Å²) in [5, 5.41) is 12.2. The number of aromatic nitrogens is 2. The van der Waals surface area contributed by atoms with Crippen molar-refractivity contribution in [2.75, 3.05) is 13.2 Å². The van der Waals surface area contributed by atoms with Crippen LogP contribution in [0.15, 0.2) is 60.4 Å². The second kappa shape index (κ2) is 11.1. The minimum absolute atomic E-state index is 0.0229. The van der Waals surface area contributed by atoms with Gasteiger partial charge in [0, 0.05) is 25.0 Å². The fraction of sp³-hybridized carbons (Fsp3) is 0.385. The molecule has 7 nitrogen and oxygen atoms in total. The van der Waals surface area contributed by atoms with Crippen LogP contribution in [0, 0.1) is 5.92 Å². The quantitative estimate of drug-likeness (QED) is 0.395. The number of hydrogen-bond donors (Lipinski definition) is 3. The number of aromatic amines is 1. The molecule has 0 radical (unpaired) electrons. The van der Waals surface area contributed by atoms with Crippen LogP contribution in [0.5, 0.6) is 0 Å². The molecule has 192 valence electrons. The lowest BCUT2D eigenvalue weighted by molar-refractivity contribution is -0.166. The average molecular weight is 504 g/mol. The van der Waals surface area contributed by atoms with Crippen molar-refractivity contribution in [3.05, 3.63) is 77.3 Å². The van der Waals surface area contributed by atoms with Gasteiger partial charge in [0.05, 0.1) is 23.1 Å². The maximum atomic E-state index is 13.1. The van der Waals surface area contributed by atoms with Gasteiger partial charge in [0.2, 0.25) is 6.29 Å². The zero-order valence-electron chi connectivity index (χ0n) is 19.7. The van der Waals surface area contributed by atoms with Crippen LogP contribution in [-0.4, -0.2) is 40.5 Å². The first-order valence-corrected chi connectivity index (χ1v) is 11.8. The molecule has 36 heavy (non-hydrogen) atoms. The predicted molar refractivity (Wildman–Crippen MR) is 127 cm³/mol. The molecule has 1 aliphatic rings. The summed E-state index contributed by atoms with van der Waals surface area (Å²) in [6.45, 7) is 2.18. The molecule has 0 spiro atoms. The molecule has 3 N–H and O–H groups in total. The van der Waals surface area contributed by atoms with E-state index in [0.717, 1.165) is 23.2 Å². The Morgan fingerprint density at radius 2 is 1.94 bits per heavy atom. The summed E-state index contributed by atoms with van der Waals surface area (Å²) < 4.78 is 51.0. The Hall–Kier alpha value is -3.37. The number of carbonyl (C=O) groups is 1. The number of fused-ring (bicyclic) bond motifs is 1. The molecular formula is C26H28F3N3O4. The summed E-state index contributed by atoms with van der Waals surface area (Å²) in [7, 11) is 0. The van der Waals surface area contributed by atoms with E-state index in [1.165, 1.54) is 12.1 Å². The Balaban J connectivity index is 1.58. The standard InChI is InChI=1S/C26H28F3N3O4/c1-2-35-25-18(6-5-13-33)19(16-9-11-17(12-10-16)26(27,28)29)14-22(36-25)24(34)30-15-23-31-20-7-3-4-8-21(20)32-23/h3-4,7-12,14,18-19,25,33H,2,5-6,13,15H2,1H3,(H,30,34)(H,31,32)/t18-,19-,25-/m0/s1. The average Bonchev–Trinajstić information content (AvgIpc) is 3.29. The van der Waals surface area contributed by atoms with E-state index >= 15 is 0 Å². The first-order chi connectivity index (χ1) is 17.3. The number of carbonyl (C=O) groups excluding carboxylic acids is 1. The van der Waals surface area contributed by atoms with Crippen molar-refractivity contribution in [3.63, 3.8) is 0 Å². The van der Waals surface area contributed by atoms with Crippen molar-refractivity contribution < 1.29 is 32.5 Å². The number of benzene rings is 2. The van der Waals surface area contributed by atoms with Gasteiger partial charge in [-0.1, -0.05) is 24.3 Å². The highest BCUT2D eigenvalue weighted by molar-refractivity contribution is 5.91. The number of allylic oxidation sites excluding steroid dienone is 1. The Labute approximate surface area is 206 Å². The molecule has 1 aliphatic heterocycles. The van der Waals surface area contributed by atoms with Crippen LogP contribution < -0.4 is 5.32 Å². The van der Waals surface area contributed by atoms with Gasteiger partial charge in [-0.25, -0.2) is 4.98 Å². The molecule has 2 heterocycles. The van der Waals surface area contributed by atoms with Gasteiger partial charge in [0.15, 0.2) is 5.76 Å². The van der Waals surface area contributed by atoms with Crippen LogP contribution in [0.2, 0.25) is 0 Å². The molecule has 0 fully saturated rings.